The smallest absolute Gasteiger partial charge is 0.212 e. The van der Waals surface area contributed by atoms with Gasteiger partial charge in [-0.05, 0) is 24.1 Å². The van der Waals surface area contributed by atoms with Crippen LogP contribution in [-0.2, 0) is 17.9 Å². The Kier molecular flexibility index (Phi) is 2.41. The first-order valence-electron chi connectivity index (χ1n) is 4.45. The number of allylic oxidation sites excluding steroid dienone is 1. The van der Waals surface area contributed by atoms with Gasteiger partial charge in [0.05, 0.1) is 7.11 Å². The zero-order valence-electron chi connectivity index (χ0n) is 8.08. The van der Waals surface area contributed by atoms with Gasteiger partial charge in [-0.1, -0.05) is 6.08 Å². The molecule has 0 amide bonds. The molecule has 0 atom stereocenters. The Morgan fingerprint density at radius 1 is 1.57 bits per heavy atom. The first kappa shape index (κ1) is 9.09. The summed E-state index contributed by atoms with van der Waals surface area (Å²) in [6.07, 6.45) is 2.68. The molecule has 0 aromatic heterocycles. The second-order valence-corrected chi connectivity index (χ2v) is 3.12. The topological polar surface area (TPSA) is 27.7 Å². The third-order valence-electron chi connectivity index (χ3n) is 2.15. The van der Waals surface area contributed by atoms with Crippen LogP contribution in [-0.4, -0.2) is 7.11 Å². The van der Waals surface area contributed by atoms with E-state index in [1.165, 1.54) is 0 Å². The fourth-order valence-electron chi connectivity index (χ4n) is 1.51. The average molecular weight is 192 g/mol. The highest BCUT2D eigenvalue weighted by molar-refractivity contribution is 5.50. The monoisotopic (exact) mass is 192 g/mol. The summed E-state index contributed by atoms with van der Waals surface area (Å²) in [5.74, 6) is 1.41. The maximum absolute atomic E-state index is 5.20. The van der Waals surface area contributed by atoms with Gasteiger partial charge in [0.2, 0.25) is 5.75 Å². The number of rotatable bonds is 3. The van der Waals surface area contributed by atoms with Crippen molar-refractivity contribution >= 4 is 0 Å². The predicted octanol–water partition coefficient (Wildman–Crippen LogP) is 2.25. The standard InChI is InChI=1S/C11H12O3/c1-3-4-8-5-9-7-13-14-11(9)10(6-8)12-2/h3,5-6H,1,4,7H2,2H3. The van der Waals surface area contributed by atoms with Gasteiger partial charge in [-0.2, -0.15) is 4.89 Å². The van der Waals surface area contributed by atoms with Crippen LogP contribution >= 0.6 is 0 Å². The van der Waals surface area contributed by atoms with Crippen molar-refractivity contribution in [2.24, 2.45) is 0 Å². The summed E-state index contributed by atoms with van der Waals surface area (Å²) in [7, 11) is 1.62. The highest BCUT2D eigenvalue weighted by Gasteiger charge is 2.19. The van der Waals surface area contributed by atoms with Gasteiger partial charge in [-0.25, -0.2) is 0 Å². The molecule has 1 aromatic carbocycles. The quantitative estimate of drug-likeness (QED) is 0.543. The first-order valence-corrected chi connectivity index (χ1v) is 4.45. The van der Waals surface area contributed by atoms with Crippen molar-refractivity contribution in [3.8, 4) is 11.5 Å². The number of fused-ring (bicyclic) bond motifs is 1. The molecule has 0 spiro atoms. The van der Waals surface area contributed by atoms with Crippen LogP contribution < -0.4 is 9.62 Å². The average Bonchev–Trinajstić information content (AvgIpc) is 2.65. The van der Waals surface area contributed by atoms with Crippen molar-refractivity contribution in [1.82, 2.24) is 0 Å². The molecule has 1 aliphatic rings. The van der Waals surface area contributed by atoms with E-state index in [-0.39, 0.29) is 0 Å². The Labute approximate surface area is 82.8 Å². The third-order valence-corrected chi connectivity index (χ3v) is 2.15. The van der Waals surface area contributed by atoms with Crippen LogP contribution in [0.3, 0.4) is 0 Å². The second-order valence-electron chi connectivity index (χ2n) is 3.12. The summed E-state index contributed by atoms with van der Waals surface area (Å²) in [6, 6.07) is 3.99. The fourth-order valence-corrected chi connectivity index (χ4v) is 1.51. The lowest BCUT2D eigenvalue weighted by atomic mass is 10.1. The molecule has 1 heterocycles. The number of hydrogen-bond acceptors (Lipinski definition) is 3. The van der Waals surface area contributed by atoms with E-state index >= 15 is 0 Å². The SMILES string of the molecule is C=CCc1cc2c(c(OC)c1)OOC2. The molecular formula is C11H12O3. The number of methoxy groups -OCH3 is 1. The summed E-state index contributed by atoms with van der Waals surface area (Å²) < 4.78 is 5.20. The lowest BCUT2D eigenvalue weighted by Gasteiger charge is -2.06. The van der Waals surface area contributed by atoms with Gasteiger partial charge >= 0.3 is 0 Å². The molecule has 0 saturated heterocycles. The zero-order chi connectivity index (χ0) is 9.97. The molecule has 0 aliphatic carbocycles. The van der Waals surface area contributed by atoms with Crippen LogP contribution in [0.1, 0.15) is 11.1 Å². The lowest BCUT2D eigenvalue weighted by Crippen LogP contribution is -1.91. The highest BCUT2D eigenvalue weighted by atomic mass is 17.2. The van der Waals surface area contributed by atoms with Crippen LogP contribution in [0.5, 0.6) is 11.5 Å². The Morgan fingerprint density at radius 3 is 3.14 bits per heavy atom. The van der Waals surface area contributed by atoms with Crippen LogP contribution in [0.2, 0.25) is 0 Å². The van der Waals surface area contributed by atoms with Gasteiger partial charge in [0.25, 0.3) is 0 Å². The molecular weight excluding hydrogens is 180 g/mol. The van der Waals surface area contributed by atoms with Gasteiger partial charge in [0.15, 0.2) is 5.75 Å². The third kappa shape index (κ3) is 1.46. The Bertz CT molecular complexity index is 358. The van der Waals surface area contributed by atoms with Crippen LogP contribution in [0, 0.1) is 0 Å². The number of ether oxygens (including phenoxy) is 1. The van der Waals surface area contributed by atoms with Gasteiger partial charge in [0.1, 0.15) is 6.61 Å². The molecule has 1 aliphatic heterocycles. The summed E-state index contributed by atoms with van der Waals surface area (Å²) in [5.41, 5.74) is 2.19. The maximum Gasteiger partial charge on any atom is 0.212 e. The molecule has 1 aromatic rings. The van der Waals surface area contributed by atoms with Crippen LogP contribution in [0.15, 0.2) is 24.8 Å². The molecule has 0 fully saturated rings. The van der Waals surface area contributed by atoms with E-state index < -0.39 is 0 Å². The minimum absolute atomic E-state index is 0.483. The van der Waals surface area contributed by atoms with E-state index in [1.54, 1.807) is 7.11 Å². The first-order chi connectivity index (χ1) is 6.85. The van der Waals surface area contributed by atoms with E-state index in [1.807, 2.05) is 18.2 Å². The molecule has 0 saturated carbocycles. The van der Waals surface area contributed by atoms with Gasteiger partial charge < -0.3 is 9.62 Å². The van der Waals surface area contributed by atoms with E-state index in [2.05, 4.69) is 6.58 Å². The number of hydrogen-bond donors (Lipinski definition) is 0. The largest absolute Gasteiger partial charge is 0.493 e. The Morgan fingerprint density at radius 2 is 2.43 bits per heavy atom. The molecule has 2 rings (SSSR count). The second kappa shape index (κ2) is 3.72. The molecule has 14 heavy (non-hydrogen) atoms. The molecule has 0 unspecified atom stereocenters. The van der Waals surface area contributed by atoms with Crippen LogP contribution in [0.4, 0.5) is 0 Å². The van der Waals surface area contributed by atoms with E-state index in [4.69, 9.17) is 14.5 Å². The van der Waals surface area contributed by atoms with Crippen LogP contribution in [0.25, 0.3) is 0 Å². The molecule has 0 bridgehead atoms. The van der Waals surface area contributed by atoms with Gasteiger partial charge in [-0.3, -0.25) is 0 Å². The lowest BCUT2D eigenvalue weighted by molar-refractivity contribution is -0.195. The Hall–Kier alpha value is -1.48. The van der Waals surface area contributed by atoms with Crippen molar-refractivity contribution in [1.29, 1.82) is 0 Å². The van der Waals surface area contributed by atoms with Gasteiger partial charge in [0, 0.05) is 5.56 Å². The predicted molar refractivity (Wildman–Crippen MR) is 52.3 cm³/mol. The molecule has 74 valence electrons. The minimum atomic E-state index is 0.483. The van der Waals surface area contributed by atoms with Gasteiger partial charge in [-0.15, -0.1) is 6.58 Å². The molecule has 3 nitrogen and oxygen atoms in total. The minimum Gasteiger partial charge on any atom is -0.493 e. The molecule has 0 radical (unpaired) electrons. The van der Waals surface area contributed by atoms with E-state index in [9.17, 15) is 0 Å². The summed E-state index contributed by atoms with van der Waals surface area (Å²) >= 11 is 0. The maximum atomic E-state index is 5.20. The Balaban J connectivity index is 2.43. The highest BCUT2D eigenvalue weighted by Crippen LogP contribution is 2.37. The summed E-state index contributed by atoms with van der Waals surface area (Å²) in [4.78, 5) is 9.89. The van der Waals surface area contributed by atoms with Crippen molar-refractivity contribution in [2.45, 2.75) is 13.0 Å². The fraction of sp³-hybridized carbons (Fsp3) is 0.273. The van der Waals surface area contributed by atoms with E-state index in [0.717, 1.165) is 23.3 Å². The molecule has 0 N–H and O–H groups in total. The van der Waals surface area contributed by atoms with Crippen molar-refractivity contribution in [3.05, 3.63) is 35.9 Å². The summed E-state index contributed by atoms with van der Waals surface area (Å²) in [6.45, 7) is 4.18. The molecule has 3 heteroatoms. The summed E-state index contributed by atoms with van der Waals surface area (Å²) in [5, 5.41) is 0. The normalized spacial score (nSPS) is 13.2. The zero-order valence-corrected chi connectivity index (χ0v) is 8.08. The van der Waals surface area contributed by atoms with Crippen molar-refractivity contribution in [2.75, 3.05) is 7.11 Å². The number of benzene rings is 1. The van der Waals surface area contributed by atoms with Crippen molar-refractivity contribution < 1.29 is 14.5 Å². The van der Waals surface area contributed by atoms with Crippen molar-refractivity contribution in [3.63, 3.8) is 0 Å². The van der Waals surface area contributed by atoms with E-state index in [0.29, 0.717) is 12.4 Å².